The van der Waals surface area contributed by atoms with E-state index in [-0.39, 0.29) is 23.4 Å². The molecule has 3 aromatic rings. The largest absolute Gasteiger partial charge is 0.494 e. The van der Waals surface area contributed by atoms with E-state index in [1.807, 2.05) is 13.0 Å². The molecular weight excluding hydrogens is 654 g/mol. The van der Waals surface area contributed by atoms with Crippen LogP contribution in [0.4, 0.5) is 5.69 Å². The van der Waals surface area contributed by atoms with Gasteiger partial charge in [-0.15, -0.1) is 0 Å². The molecule has 1 aliphatic rings. The number of rotatable bonds is 12. The molecule has 0 aromatic heterocycles. The van der Waals surface area contributed by atoms with Gasteiger partial charge >= 0.3 is 0 Å². The molecule has 0 radical (unpaired) electrons. The fourth-order valence-corrected chi connectivity index (χ4v) is 7.01. The molecule has 3 aromatic carbocycles. The van der Waals surface area contributed by atoms with Gasteiger partial charge in [0.2, 0.25) is 11.8 Å². The third-order valence-electron chi connectivity index (χ3n) is 7.48. The Balaban J connectivity index is 1.68. The zero-order valence-electron chi connectivity index (χ0n) is 24.3. The number of nitrogens with one attached hydrogen (secondary N) is 1. The smallest absolute Gasteiger partial charge is 0.264 e. The lowest BCUT2D eigenvalue weighted by Crippen LogP contribution is -2.53. The summed E-state index contributed by atoms with van der Waals surface area (Å²) in [6.07, 6.45) is 5.05. The molecule has 1 aliphatic carbocycles. The molecule has 43 heavy (non-hydrogen) atoms. The molecule has 1 atom stereocenters. The molecule has 0 saturated heterocycles. The van der Waals surface area contributed by atoms with Crippen LogP contribution in [0.3, 0.4) is 0 Å². The van der Waals surface area contributed by atoms with Crippen molar-refractivity contribution in [1.29, 1.82) is 0 Å². The monoisotopic (exact) mass is 689 g/mol. The fraction of sp³-hybridized carbons (Fsp3) is 0.375. The van der Waals surface area contributed by atoms with Gasteiger partial charge < -0.3 is 15.0 Å². The van der Waals surface area contributed by atoms with E-state index in [2.05, 4.69) is 21.2 Å². The lowest BCUT2D eigenvalue weighted by atomic mass is 9.95. The lowest BCUT2D eigenvalue weighted by molar-refractivity contribution is -0.139. The number of carbonyl (C=O) groups is 2. The van der Waals surface area contributed by atoms with Crippen LogP contribution in [0.25, 0.3) is 0 Å². The van der Waals surface area contributed by atoms with E-state index in [0.29, 0.717) is 23.1 Å². The Hall–Kier alpha value is -3.08. The first-order valence-corrected chi connectivity index (χ1v) is 17.0. The summed E-state index contributed by atoms with van der Waals surface area (Å²) in [5, 5.41) is 3.60. The molecule has 1 fully saturated rings. The van der Waals surface area contributed by atoms with Crippen molar-refractivity contribution in [1.82, 2.24) is 10.2 Å². The summed E-state index contributed by atoms with van der Waals surface area (Å²) in [5.41, 5.74) is 1.02. The van der Waals surface area contributed by atoms with Gasteiger partial charge in [-0.25, -0.2) is 8.42 Å². The Morgan fingerprint density at radius 3 is 2.33 bits per heavy atom. The minimum absolute atomic E-state index is 0.0295. The molecule has 0 heterocycles. The molecule has 0 aliphatic heterocycles. The number of nitrogens with zero attached hydrogens (tertiary/aromatic N) is 2. The van der Waals surface area contributed by atoms with Gasteiger partial charge in [0.15, 0.2) is 0 Å². The topological polar surface area (TPSA) is 96.0 Å². The Morgan fingerprint density at radius 2 is 1.70 bits per heavy atom. The predicted molar refractivity (Wildman–Crippen MR) is 173 cm³/mol. The molecule has 230 valence electrons. The van der Waals surface area contributed by atoms with Gasteiger partial charge in [0.1, 0.15) is 18.3 Å². The number of halogens is 2. The van der Waals surface area contributed by atoms with Crippen molar-refractivity contribution in [3.63, 3.8) is 0 Å². The predicted octanol–water partition coefficient (Wildman–Crippen LogP) is 6.56. The highest BCUT2D eigenvalue weighted by molar-refractivity contribution is 9.10. The van der Waals surface area contributed by atoms with Crippen LogP contribution >= 0.6 is 27.5 Å². The van der Waals surface area contributed by atoms with E-state index in [1.165, 1.54) is 17.0 Å². The molecular formula is C32H37BrClN3O5S. The quantitative estimate of drug-likeness (QED) is 0.232. The van der Waals surface area contributed by atoms with Crippen molar-refractivity contribution in [3.8, 4) is 5.75 Å². The maximum atomic E-state index is 14.1. The van der Waals surface area contributed by atoms with Crippen molar-refractivity contribution < 1.29 is 22.7 Å². The summed E-state index contributed by atoms with van der Waals surface area (Å²) in [6, 6.07) is 19.0. The summed E-state index contributed by atoms with van der Waals surface area (Å²) >= 11 is 9.58. The summed E-state index contributed by atoms with van der Waals surface area (Å²) in [5.74, 6) is -0.222. The first kappa shape index (κ1) is 32.8. The highest BCUT2D eigenvalue weighted by atomic mass is 79.9. The van der Waals surface area contributed by atoms with E-state index < -0.39 is 28.5 Å². The van der Waals surface area contributed by atoms with E-state index in [4.69, 9.17) is 16.3 Å². The van der Waals surface area contributed by atoms with Crippen molar-refractivity contribution in [2.24, 2.45) is 0 Å². The van der Waals surface area contributed by atoms with Gasteiger partial charge in [-0.05, 0) is 92.9 Å². The highest BCUT2D eigenvalue weighted by Crippen LogP contribution is 2.28. The van der Waals surface area contributed by atoms with Crippen LogP contribution in [0.5, 0.6) is 5.75 Å². The summed E-state index contributed by atoms with van der Waals surface area (Å²) in [4.78, 5) is 29.0. The standard InChI is InChI=1S/C32H37BrClN3O5S/c1-3-42-29-16-14-28(15-17-29)37(43(40,41)30-18-12-25(33)13-19-30)22-31(38)36(21-24-8-7-9-26(34)20-24)23(2)32(39)35-27-10-5-4-6-11-27/h7-9,12-20,23,27H,3-6,10-11,21-22H2,1-2H3,(H,35,39)/t23-/m0/s1. The molecule has 2 amide bonds. The first-order chi connectivity index (χ1) is 20.6. The summed E-state index contributed by atoms with van der Waals surface area (Å²) in [7, 11) is -4.17. The minimum atomic E-state index is -4.17. The third-order valence-corrected chi connectivity index (χ3v) is 10.0. The highest BCUT2D eigenvalue weighted by Gasteiger charge is 2.33. The number of hydrogen-bond acceptors (Lipinski definition) is 5. The zero-order valence-corrected chi connectivity index (χ0v) is 27.5. The van der Waals surface area contributed by atoms with Crippen molar-refractivity contribution in [3.05, 3.63) is 87.9 Å². The molecule has 11 heteroatoms. The molecule has 1 saturated carbocycles. The van der Waals surface area contributed by atoms with E-state index in [0.717, 1.165) is 46.4 Å². The van der Waals surface area contributed by atoms with Gasteiger partial charge in [-0.3, -0.25) is 13.9 Å². The SMILES string of the molecule is CCOc1ccc(N(CC(=O)N(Cc2cccc(Cl)c2)[C@@H](C)C(=O)NC2CCCCC2)S(=O)(=O)c2ccc(Br)cc2)cc1. The number of sulfonamides is 1. The maximum absolute atomic E-state index is 14.1. The van der Waals surface area contributed by atoms with E-state index in [9.17, 15) is 18.0 Å². The minimum Gasteiger partial charge on any atom is -0.494 e. The van der Waals surface area contributed by atoms with Crippen LogP contribution in [0.15, 0.2) is 82.2 Å². The summed E-state index contributed by atoms with van der Waals surface area (Å²) < 4.78 is 35.3. The second-order valence-electron chi connectivity index (χ2n) is 10.6. The third kappa shape index (κ3) is 8.74. The molecule has 0 bridgehead atoms. The molecule has 4 rings (SSSR count). The second-order valence-corrected chi connectivity index (χ2v) is 13.8. The average molecular weight is 691 g/mol. The lowest BCUT2D eigenvalue weighted by Gasteiger charge is -2.33. The second kappa shape index (κ2) is 15.1. The normalized spacial score (nSPS) is 14.5. The number of hydrogen-bond donors (Lipinski definition) is 1. The number of anilines is 1. The Labute approximate surface area is 267 Å². The van der Waals surface area contributed by atoms with Crippen molar-refractivity contribution in [2.75, 3.05) is 17.5 Å². The Morgan fingerprint density at radius 1 is 1.02 bits per heavy atom. The number of amides is 2. The van der Waals surface area contributed by atoms with Gasteiger partial charge in [0.25, 0.3) is 10.0 Å². The van der Waals surface area contributed by atoms with Gasteiger partial charge in [0.05, 0.1) is 17.2 Å². The van der Waals surface area contributed by atoms with Crippen LogP contribution in [-0.4, -0.2) is 50.4 Å². The van der Waals surface area contributed by atoms with E-state index >= 15 is 0 Å². The fourth-order valence-electron chi connectivity index (χ4n) is 5.12. The van der Waals surface area contributed by atoms with Gasteiger partial charge in [-0.1, -0.05) is 58.9 Å². The average Bonchev–Trinajstić information content (AvgIpc) is 2.99. The van der Waals surface area contributed by atoms with Crippen LogP contribution in [-0.2, 0) is 26.2 Å². The summed E-state index contributed by atoms with van der Waals surface area (Å²) in [6.45, 7) is 3.54. The molecule has 8 nitrogen and oxygen atoms in total. The molecule has 0 unspecified atom stereocenters. The van der Waals surface area contributed by atoms with Crippen molar-refractivity contribution >= 4 is 55.1 Å². The van der Waals surface area contributed by atoms with Crippen LogP contribution in [0.1, 0.15) is 51.5 Å². The first-order valence-electron chi connectivity index (χ1n) is 14.4. The molecule has 0 spiro atoms. The number of ether oxygens (including phenoxy) is 1. The van der Waals surface area contributed by atoms with Crippen LogP contribution in [0, 0.1) is 0 Å². The zero-order chi connectivity index (χ0) is 31.0. The van der Waals surface area contributed by atoms with Gasteiger partial charge in [-0.2, -0.15) is 0 Å². The van der Waals surface area contributed by atoms with Crippen LogP contribution in [0.2, 0.25) is 5.02 Å². The number of carbonyl (C=O) groups excluding carboxylic acids is 2. The van der Waals surface area contributed by atoms with Crippen LogP contribution < -0.4 is 14.4 Å². The maximum Gasteiger partial charge on any atom is 0.264 e. The molecule has 1 N–H and O–H groups in total. The van der Waals surface area contributed by atoms with Crippen molar-refractivity contribution in [2.45, 2.75) is 69.5 Å². The van der Waals surface area contributed by atoms with Gasteiger partial charge in [0, 0.05) is 22.1 Å². The Kier molecular flexibility index (Phi) is 11.5. The van der Waals surface area contributed by atoms with E-state index in [1.54, 1.807) is 61.5 Å². The number of benzene rings is 3. The Bertz CT molecular complexity index is 1500.